The smallest absolute Gasteiger partial charge is 0.324 e. The summed E-state index contributed by atoms with van der Waals surface area (Å²) in [5, 5.41) is 2.50. The predicted octanol–water partition coefficient (Wildman–Crippen LogP) is 2.63. The number of nitrogens with one attached hydrogen (secondary N) is 1. The number of amides is 4. The molecule has 2 aliphatic rings. The van der Waals surface area contributed by atoms with E-state index in [9.17, 15) is 14.4 Å². The molecule has 1 aromatic carbocycles. The Labute approximate surface area is 182 Å². The summed E-state index contributed by atoms with van der Waals surface area (Å²) in [6.45, 7) is 3.75. The minimum Gasteiger partial charge on any atom is -0.342 e. The maximum atomic E-state index is 12.6. The molecule has 0 bridgehead atoms. The van der Waals surface area contributed by atoms with Crippen LogP contribution < -0.4 is 5.32 Å². The Kier molecular flexibility index (Phi) is 6.30. The lowest BCUT2D eigenvalue weighted by Gasteiger charge is -2.18. The molecule has 4 rings (SSSR count). The first-order valence-corrected chi connectivity index (χ1v) is 10.9. The number of aryl methyl sites for hydroxylation is 1. The van der Waals surface area contributed by atoms with E-state index in [2.05, 4.69) is 41.7 Å². The van der Waals surface area contributed by atoms with Gasteiger partial charge in [-0.05, 0) is 49.4 Å². The molecule has 3 heterocycles. The number of carbonyl (C=O) groups is 3. The number of hydrogen-bond acceptors (Lipinski definition) is 4. The van der Waals surface area contributed by atoms with Crippen LogP contribution in [-0.2, 0) is 16.0 Å². The Balaban J connectivity index is 1.32. The number of benzene rings is 1. The van der Waals surface area contributed by atoms with Gasteiger partial charge in [-0.2, -0.15) is 0 Å². The van der Waals surface area contributed by atoms with Gasteiger partial charge < -0.3 is 10.2 Å². The van der Waals surface area contributed by atoms with Gasteiger partial charge in [-0.15, -0.1) is 0 Å². The molecule has 0 saturated carbocycles. The molecule has 0 spiro atoms. The standard InChI is InChI=1S/C24H28N4O3/c1-17-12-19(13-18-6-3-2-4-7-18)14-21(26-17)20-9-11-27(16-20)22(29)8-5-10-28-23(30)15-25-24(28)31/h2-4,6-7,12,14,20H,5,8-11,13,15-16H2,1H3,(H,25,31). The van der Waals surface area contributed by atoms with Crippen LogP contribution in [0.25, 0.3) is 0 Å². The van der Waals surface area contributed by atoms with Crippen LogP contribution in [0.15, 0.2) is 42.5 Å². The molecule has 2 aliphatic heterocycles. The molecule has 1 atom stereocenters. The van der Waals surface area contributed by atoms with Crippen molar-refractivity contribution in [1.82, 2.24) is 20.1 Å². The second kappa shape index (κ2) is 9.29. The molecule has 2 saturated heterocycles. The van der Waals surface area contributed by atoms with Crippen molar-refractivity contribution in [2.24, 2.45) is 0 Å². The zero-order valence-corrected chi connectivity index (χ0v) is 17.8. The molecule has 7 nitrogen and oxygen atoms in total. The Morgan fingerprint density at radius 2 is 1.97 bits per heavy atom. The highest BCUT2D eigenvalue weighted by Crippen LogP contribution is 2.28. The van der Waals surface area contributed by atoms with Crippen molar-refractivity contribution in [3.8, 4) is 0 Å². The van der Waals surface area contributed by atoms with E-state index < -0.39 is 0 Å². The summed E-state index contributed by atoms with van der Waals surface area (Å²) in [6.07, 6.45) is 2.60. The summed E-state index contributed by atoms with van der Waals surface area (Å²) >= 11 is 0. The zero-order valence-electron chi connectivity index (χ0n) is 17.8. The van der Waals surface area contributed by atoms with E-state index in [0.717, 1.165) is 30.8 Å². The van der Waals surface area contributed by atoms with Gasteiger partial charge in [0.25, 0.3) is 0 Å². The average Bonchev–Trinajstić information content (AvgIpc) is 3.37. The van der Waals surface area contributed by atoms with E-state index in [1.165, 1.54) is 16.0 Å². The molecule has 7 heteroatoms. The molecule has 2 fully saturated rings. The highest BCUT2D eigenvalue weighted by atomic mass is 16.2. The Morgan fingerprint density at radius 1 is 1.16 bits per heavy atom. The number of imide groups is 1. The molecule has 1 N–H and O–H groups in total. The first-order valence-electron chi connectivity index (χ1n) is 10.9. The molecule has 162 valence electrons. The van der Waals surface area contributed by atoms with Crippen LogP contribution in [0.2, 0.25) is 0 Å². The van der Waals surface area contributed by atoms with Crippen LogP contribution in [-0.4, -0.2) is 58.8 Å². The highest BCUT2D eigenvalue weighted by molar-refractivity contribution is 6.01. The fraction of sp³-hybridized carbons (Fsp3) is 0.417. The molecular weight excluding hydrogens is 392 g/mol. The van der Waals surface area contributed by atoms with Crippen molar-refractivity contribution in [2.45, 2.75) is 38.5 Å². The molecule has 2 aromatic rings. The highest BCUT2D eigenvalue weighted by Gasteiger charge is 2.30. The van der Waals surface area contributed by atoms with Gasteiger partial charge in [0.1, 0.15) is 0 Å². The van der Waals surface area contributed by atoms with Gasteiger partial charge in [-0.1, -0.05) is 30.3 Å². The molecular formula is C24H28N4O3. The molecule has 1 aromatic heterocycles. The topological polar surface area (TPSA) is 82.6 Å². The van der Waals surface area contributed by atoms with E-state index in [4.69, 9.17) is 4.98 Å². The van der Waals surface area contributed by atoms with Gasteiger partial charge >= 0.3 is 6.03 Å². The lowest BCUT2D eigenvalue weighted by molar-refractivity contribution is -0.131. The third-order valence-electron chi connectivity index (χ3n) is 5.95. The van der Waals surface area contributed by atoms with E-state index in [1.54, 1.807) is 0 Å². The molecule has 0 aliphatic carbocycles. The van der Waals surface area contributed by atoms with Gasteiger partial charge in [-0.3, -0.25) is 19.5 Å². The Bertz CT molecular complexity index is 960. The minimum absolute atomic E-state index is 0.0519. The number of aromatic nitrogens is 1. The summed E-state index contributed by atoms with van der Waals surface area (Å²) in [5.41, 5.74) is 4.57. The van der Waals surface area contributed by atoms with E-state index in [-0.39, 0.29) is 36.9 Å². The van der Waals surface area contributed by atoms with Gasteiger partial charge in [0.2, 0.25) is 11.8 Å². The van der Waals surface area contributed by atoms with E-state index in [0.29, 0.717) is 19.4 Å². The number of rotatable bonds is 7. The Morgan fingerprint density at radius 3 is 2.71 bits per heavy atom. The van der Waals surface area contributed by atoms with Crippen LogP contribution in [0.3, 0.4) is 0 Å². The number of likely N-dealkylation sites (tertiary alicyclic amines) is 1. The largest absolute Gasteiger partial charge is 0.342 e. The third-order valence-corrected chi connectivity index (χ3v) is 5.95. The lowest BCUT2D eigenvalue weighted by Crippen LogP contribution is -2.33. The summed E-state index contributed by atoms with van der Waals surface area (Å²) < 4.78 is 0. The minimum atomic E-state index is -0.365. The maximum Gasteiger partial charge on any atom is 0.324 e. The van der Waals surface area contributed by atoms with Crippen LogP contribution in [0.5, 0.6) is 0 Å². The summed E-state index contributed by atoms with van der Waals surface area (Å²) in [4.78, 5) is 43.7. The van der Waals surface area contributed by atoms with Crippen molar-refractivity contribution in [3.05, 3.63) is 65.0 Å². The number of urea groups is 1. The number of pyridine rings is 1. The predicted molar refractivity (Wildman–Crippen MR) is 117 cm³/mol. The Hall–Kier alpha value is -3.22. The zero-order chi connectivity index (χ0) is 21.8. The number of nitrogens with zero attached hydrogens (tertiary/aromatic N) is 3. The van der Waals surface area contributed by atoms with Crippen LogP contribution in [0.1, 0.15) is 47.7 Å². The quantitative estimate of drug-likeness (QED) is 0.698. The van der Waals surface area contributed by atoms with Crippen molar-refractivity contribution < 1.29 is 14.4 Å². The molecule has 0 radical (unpaired) electrons. The van der Waals surface area contributed by atoms with Gasteiger partial charge in [0, 0.05) is 43.4 Å². The third kappa shape index (κ3) is 5.10. The van der Waals surface area contributed by atoms with Gasteiger partial charge in [0.15, 0.2) is 0 Å². The molecule has 4 amide bonds. The SMILES string of the molecule is Cc1cc(Cc2ccccc2)cc(C2CCN(C(=O)CCCN3C(=O)CNC3=O)C2)n1. The van der Waals surface area contributed by atoms with Crippen molar-refractivity contribution in [2.75, 3.05) is 26.2 Å². The molecule has 31 heavy (non-hydrogen) atoms. The second-order valence-corrected chi connectivity index (χ2v) is 8.34. The van der Waals surface area contributed by atoms with Crippen molar-refractivity contribution in [3.63, 3.8) is 0 Å². The van der Waals surface area contributed by atoms with E-state index >= 15 is 0 Å². The summed E-state index contributed by atoms with van der Waals surface area (Å²) in [6, 6.07) is 14.3. The van der Waals surface area contributed by atoms with E-state index in [1.807, 2.05) is 17.9 Å². The average molecular weight is 421 g/mol. The van der Waals surface area contributed by atoms with Crippen molar-refractivity contribution in [1.29, 1.82) is 0 Å². The summed E-state index contributed by atoms with van der Waals surface area (Å²) in [5.74, 6) is 0.0894. The van der Waals surface area contributed by atoms with Gasteiger partial charge in [0.05, 0.1) is 6.54 Å². The van der Waals surface area contributed by atoms with Gasteiger partial charge in [-0.25, -0.2) is 4.79 Å². The van der Waals surface area contributed by atoms with Crippen LogP contribution >= 0.6 is 0 Å². The molecule has 1 unspecified atom stereocenters. The fourth-order valence-electron chi connectivity index (χ4n) is 4.37. The maximum absolute atomic E-state index is 12.6. The lowest BCUT2D eigenvalue weighted by atomic mass is 9.98. The second-order valence-electron chi connectivity index (χ2n) is 8.34. The first-order chi connectivity index (χ1) is 15.0. The normalized spacial score (nSPS) is 18.5. The number of hydrogen-bond donors (Lipinski definition) is 1. The first kappa shape index (κ1) is 21.0. The van der Waals surface area contributed by atoms with Crippen LogP contribution in [0.4, 0.5) is 4.79 Å². The number of carbonyl (C=O) groups excluding carboxylic acids is 3. The van der Waals surface area contributed by atoms with Crippen molar-refractivity contribution >= 4 is 17.8 Å². The van der Waals surface area contributed by atoms with Crippen LogP contribution in [0, 0.1) is 6.92 Å². The fourth-order valence-corrected chi connectivity index (χ4v) is 4.37. The monoisotopic (exact) mass is 420 g/mol. The summed E-state index contributed by atoms with van der Waals surface area (Å²) in [7, 11) is 0.